The van der Waals surface area contributed by atoms with Gasteiger partial charge in [0.15, 0.2) is 9.84 Å². The summed E-state index contributed by atoms with van der Waals surface area (Å²) in [6.45, 7) is 0. The molecule has 0 radical (unpaired) electrons. The summed E-state index contributed by atoms with van der Waals surface area (Å²) in [5.74, 6) is -2.97. The van der Waals surface area contributed by atoms with Crippen molar-refractivity contribution in [1.29, 1.82) is 0 Å². The fourth-order valence-corrected chi connectivity index (χ4v) is 5.70. The first kappa shape index (κ1) is 15.9. The minimum absolute atomic E-state index is 0.0416. The van der Waals surface area contributed by atoms with Gasteiger partial charge in [0.05, 0.1) is 0 Å². The first-order valence-corrected chi connectivity index (χ1v) is 8.04. The van der Waals surface area contributed by atoms with Gasteiger partial charge < -0.3 is 0 Å². The van der Waals surface area contributed by atoms with Gasteiger partial charge in [0.1, 0.15) is 0 Å². The number of rotatable bonds is 2. The molecular weight excluding hydrogens is 310 g/mol. The van der Waals surface area contributed by atoms with Crippen LogP contribution in [0.4, 0.5) is 26.3 Å². The zero-order valence-corrected chi connectivity index (χ0v) is 11.4. The topological polar surface area (TPSA) is 34.1 Å². The Kier molecular flexibility index (Phi) is 3.39. The number of sulfone groups is 1. The first-order chi connectivity index (χ1) is 8.82. The lowest BCUT2D eigenvalue weighted by Gasteiger charge is -2.43. The fourth-order valence-electron chi connectivity index (χ4n) is 4.02. The summed E-state index contributed by atoms with van der Waals surface area (Å²) in [7, 11) is -5.40. The molecule has 0 aromatic rings. The lowest BCUT2D eigenvalue weighted by atomic mass is 9.77. The lowest BCUT2D eigenvalue weighted by Crippen LogP contribution is -2.66. The maximum absolute atomic E-state index is 13.2. The van der Waals surface area contributed by atoms with Crippen LogP contribution in [0.15, 0.2) is 0 Å². The number of hydrogen-bond acceptors (Lipinski definition) is 2. The van der Waals surface area contributed by atoms with Crippen LogP contribution in [0.1, 0.15) is 25.7 Å². The third-order valence-corrected chi connectivity index (χ3v) is 6.62. The van der Waals surface area contributed by atoms with Crippen molar-refractivity contribution in [3.63, 3.8) is 0 Å². The van der Waals surface area contributed by atoms with Gasteiger partial charge in [0, 0.05) is 6.26 Å². The van der Waals surface area contributed by atoms with Crippen molar-refractivity contribution in [3.05, 3.63) is 0 Å². The molecule has 0 N–H and O–H groups in total. The number of alkyl halides is 6. The van der Waals surface area contributed by atoms with Gasteiger partial charge in [0.2, 0.25) is 0 Å². The molecule has 0 amide bonds. The molecule has 3 atom stereocenters. The van der Waals surface area contributed by atoms with Crippen LogP contribution in [-0.2, 0) is 9.84 Å². The van der Waals surface area contributed by atoms with Gasteiger partial charge in [-0.3, -0.25) is 0 Å². The van der Waals surface area contributed by atoms with Crippen LogP contribution in [0, 0.1) is 17.8 Å². The van der Waals surface area contributed by atoms with Gasteiger partial charge in [0.25, 0.3) is 4.75 Å². The first-order valence-electron chi connectivity index (χ1n) is 6.15. The van der Waals surface area contributed by atoms with Gasteiger partial charge in [-0.25, -0.2) is 8.42 Å². The lowest BCUT2D eigenvalue weighted by molar-refractivity contribution is -0.284. The average Bonchev–Trinajstić information content (AvgIpc) is 2.71. The van der Waals surface area contributed by atoms with E-state index >= 15 is 0 Å². The monoisotopic (exact) mass is 324 g/mol. The Morgan fingerprint density at radius 2 is 1.40 bits per heavy atom. The average molecular weight is 324 g/mol. The highest BCUT2D eigenvalue weighted by Crippen LogP contribution is 2.62. The van der Waals surface area contributed by atoms with Crippen molar-refractivity contribution in [1.82, 2.24) is 0 Å². The van der Waals surface area contributed by atoms with Crippen molar-refractivity contribution in [3.8, 4) is 0 Å². The summed E-state index contributed by atoms with van der Waals surface area (Å²) < 4.78 is 98.0. The Morgan fingerprint density at radius 1 is 0.900 bits per heavy atom. The summed E-state index contributed by atoms with van der Waals surface area (Å²) in [5, 5.41) is 0. The van der Waals surface area contributed by atoms with Crippen molar-refractivity contribution < 1.29 is 34.8 Å². The predicted octanol–water partition coefficient (Wildman–Crippen LogP) is 3.33. The molecule has 0 spiro atoms. The Morgan fingerprint density at radius 3 is 1.65 bits per heavy atom. The summed E-state index contributed by atoms with van der Waals surface area (Å²) in [6, 6.07) is 0. The van der Waals surface area contributed by atoms with Crippen molar-refractivity contribution in [2.24, 2.45) is 17.8 Å². The van der Waals surface area contributed by atoms with Crippen molar-refractivity contribution >= 4 is 9.84 Å². The molecule has 0 aromatic heterocycles. The van der Waals surface area contributed by atoms with Gasteiger partial charge in [-0.1, -0.05) is 6.42 Å². The Bertz CT molecular complexity index is 478. The molecule has 2 rings (SSSR count). The van der Waals surface area contributed by atoms with Gasteiger partial charge in [-0.15, -0.1) is 0 Å². The van der Waals surface area contributed by atoms with Crippen LogP contribution in [0.2, 0.25) is 0 Å². The zero-order chi connectivity index (χ0) is 15.6. The smallest absolute Gasteiger partial charge is 0.228 e. The largest absolute Gasteiger partial charge is 0.417 e. The molecular formula is C11H14F6O2S. The molecule has 118 valence electrons. The van der Waals surface area contributed by atoms with E-state index in [0.29, 0.717) is 6.42 Å². The van der Waals surface area contributed by atoms with E-state index in [-0.39, 0.29) is 31.4 Å². The Labute approximate surface area is 112 Å². The van der Waals surface area contributed by atoms with E-state index < -0.39 is 38.8 Å². The third-order valence-electron chi connectivity index (χ3n) is 4.69. The summed E-state index contributed by atoms with van der Waals surface area (Å²) in [5.41, 5.74) is 0. The molecule has 20 heavy (non-hydrogen) atoms. The maximum Gasteiger partial charge on any atom is 0.417 e. The van der Waals surface area contributed by atoms with E-state index in [4.69, 9.17) is 0 Å². The Hall–Kier alpha value is -0.470. The van der Waals surface area contributed by atoms with E-state index in [1.807, 2.05) is 0 Å². The molecule has 0 aliphatic heterocycles. The van der Waals surface area contributed by atoms with Crippen molar-refractivity contribution in [2.45, 2.75) is 42.8 Å². The molecule has 0 heterocycles. The van der Waals surface area contributed by atoms with Gasteiger partial charge >= 0.3 is 12.4 Å². The molecule has 0 aromatic carbocycles. The van der Waals surface area contributed by atoms with Gasteiger partial charge in [-0.05, 0) is 37.0 Å². The van der Waals surface area contributed by atoms with Crippen LogP contribution in [0.5, 0.6) is 0 Å². The summed E-state index contributed by atoms with van der Waals surface area (Å²) in [6.07, 6.45) is -10.9. The molecule has 9 heteroatoms. The quantitative estimate of drug-likeness (QED) is 0.730. The van der Waals surface area contributed by atoms with Crippen LogP contribution in [-0.4, -0.2) is 31.8 Å². The molecule has 2 nitrogen and oxygen atoms in total. The summed E-state index contributed by atoms with van der Waals surface area (Å²) in [4.78, 5) is 0. The summed E-state index contributed by atoms with van der Waals surface area (Å²) >= 11 is 0. The molecule has 2 fully saturated rings. The molecule has 2 aliphatic carbocycles. The van der Waals surface area contributed by atoms with Gasteiger partial charge in [-0.2, -0.15) is 26.3 Å². The second-order valence-electron chi connectivity index (χ2n) is 5.78. The van der Waals surface area contributed by atoms with E-state index in [0.717, 1.165) is 0 Å². The van der Waals surface area contributed by atoms with E-state index in [2.05, 4.69) is 0 Å². The highest BCUT2D eigenvalue weighted by Gasteiger charge is 2.81. The van der Waals surface area contributed by atoms with Crippen LogP contribution in [0.3, 0.4) is 0 Å². The van der Waals surface area contributed by atoms with E-state index in [9.17, 15) is 34.8 Å². The van der Waals surface area contributed by atoms with Crippen LogP contribution in [0.25, 0.3) is 0 Å². The van der Waals surface area contributed by atoms with Crippen LogP contribution < -0.4 is 0 Å². The molecule has 3 unspecified atom stereocenters. The third kappa shape index (κ3) is 1.95. The fraction of sp³-hybridized carbons (Fsp3) is 1.00. The standard InChI is InChI=1S/C11H14F6O2S/c1-20(18,19)9(10(12,13)14,11(15,16)17)8-5-6-2-3-7(8)4-6/h6-8H,2-5H2,1H3. The van der Waals surface area contributed by atoms with Crippen molar-refractivity contribution in [2.75, 3.05) is 6.26 Å². The van der Waals surface area contributed by atoms with E-state index in [1.165, 1.54) is 0 Å². The Balaban J connectivity index is 2.66. The second-order valence-corrected chi connectivity index (χ2v) is 7.97. The number of fused-ring (bicyclic) bond motifs is 2. The minimum atomic E-state index is -5.87. The molecule has 0 saturated heterocycles. The highest BCUT2D eigenvalue weighted by molar-refractivity contribution is 7.92. The maximum atomic E-state index is 13.2. The minimum Gasteiger partial charge on any atom is -0.228 e. The SMILES string of the molecule is CS(=O)(=O)C(C1CC2CCC1C2)(C(F)(F)F)C(F)(F)F. The van der Waals surface area contributed by atoms with Crippen LogP contribution >= 0.6 is 0 Å². The molecule has 2 saturated carbocycles. The molecule has 2 aliphatic rings. The second kappa shape index (κ2) is 4.27. The zero-order valence-electron chi connectivity index (χ0n) is 10.6. The highest BCUT2D eigenvalue weighted by atomic mass is 32.2. The van der Waals surface area contributed by atoms with E-state index in [1.54, 1.807) is 0 Å². The predicted molar refractivity (Wildman–Crippen MR) is 58.6 cm³/mol. The normalized spacial score (nSPS) is 31.9. The molecule has 2 bridgehead atoms. The number of hydrogen-bond donors (Lipinski definition) is 0. The number of halogens is 6.